The molecule has 1 aromatic carbocycles. The maximum absolute atomic E-state index is 10.9. The van der Waals surface area contributed by atoms with Crippen molar-refractivity contribution in [2.24, 2.45) is 5.92 Å². The van der Waals surface area contributed by atoms with Gasteiger partial charge < -0.3 is 9.47 Å². The summed E-state index contributed by atoms with van der Waals surface area (Å²) >= 11 is 3.39. The Hall–Kier alpha value is -1.30. The van der Waals surface area contributed by atoms with Gasteiger partial charge in [0.05, 0.1) is 18.6 Å². The zero-order chi connectivity index (χ0) is 14.3. The first-order chi connectivity index (χ1) is 9.08. The van der Waals surface area contributed by atoms with Gasteiger partial charge in [-0.05, 0) is 24.8 Å². The quantitative estimate of drug-likeness (QED) is 0.413. The molecule has 0 aliphatic heterocycles. The predicted molar refractivity (Wildman–Crippen MR) is 77.3 cm³/mol. The van der Waals surface area contributed by atoms with E-state index in [0.717, 1.165) is 18.2 Å². The SMILES string of the molecule is COc1ccc([N+](=O)[O-])c(OCCC(C)CCBr)c1. The van der Waals surface area contributed by atoms with Crippen LogP contribution in [0.25, 0.3) is 0 Å². The van der Waals surface area contributed by atoms with Crippen LogP contribution in [-0.4, -0.2) is 24.0 Å². The molecule has 0 bridgehead atoms. The number of halogens is 1. The Morgan fingerprint density at radius 3 is 2.74 bits per heavy atom. The van der Waals surface area contributed by atoms with Gasteiger partial charge in [-0.25, -0.2) is 0 Å². The lowest BCUT2D eigenvalue weighted by Crippen LogP contribution is -2.06. The van der Waals surface area contributed by atoms with Gasteiger partial charge in [-0.2, -0.15) is 0 Å². The summed E-state index contributed by atoms with van der Waals surface area (Å²) in [5, 5.41) is 11.9. The number of hydrogen-bond acceptors (Lipinski definition) is 4. The Bertz CT molecular complexity index is 425. The van der Waals surface area contributed by atoms with E-state index in [4.69, 9.17) is 9.47 Å². The summed E-state index contributed by atoms with van der Waals surface area (Å²) < 4.78 is 10.6. The first-order valence-electron chi connectivity index (χ1n) is 6.09. The van der Waals surface area contributed by atoms with Crippen LogP contribution in [0, 0.1) is 16.0 Å². The number of methoxy groups -OCH3 is 1. The summed E-state index contributed by atoms with van der Waals surface area (Å²) in [6.45, 7) is 2.59. The molecule has 0 radical (unpaired) electrons. The first kappa shape index (κ1) is 15.8. The molecular weight excluding hydrogens is 314 g/mol. The van der Waals surface area contributed by atoms with E-state index in [2.05, 4.69) is 22.9 Å². The van der Waals surface area contributed by atoms with E-state index in [0.29, 0.717) is 18.3 Å². The highest BCUT2D eigenvalue weighted by Gasteiger charge is 2.16. The average Bonchev–Trinajstić information content (AvgIpc) is 2.38. The molecule has 5 nitrogen and oxygen atoms in total. The van der Waals surface area contributed by atoms with Crippen LogP contribution in [0.3, 0.4) is 0 Å². The van der Waals surface area contributed by atoms with Gasteiger partial charge in [0.25, 0.3) is 0 Å². The van der Waals surface area contributed by atoms with Crippen molar-refractivity contribution in [1.29, 1.82) is 0 Å². The van der Waals surface area contributed by atoms with Crippen molar-refractivity contribution in [2.45, 2.75) is 19.8 Å². The third-order valence-corrected chi connectivity index (χ3v) is 3.29. The zero-order valence-corrected chi connectivity index (χ0v) is 12.7. The standard InChI is InChI=1S/C13H18BrNO4/c1-10(5-7-14)6-8-19-13-9-11(18-2)3-4-12(13)15(16)17/h3-4,9-10H,5-8H2,1-2H3. The third-order valence-electron chi connectivity index (χ3n) is 2.83. The lowest BCUT2D eigenvalue weighted by Gasteiger charge is -2.11. The van der Waals surface area contributed by atoms with E-state index in [-0.39, 0.29) is 11.4 Å². The maximum atomic E-state index is 10.9. The second-order valence-electron chi connectivity index (χ2n) is 4.31. The fourth-order valence-corrected chi connectivity index (χ4v) is 2.37. The van der Waals surface area contributed by atoms with E-state index in [1.807, 2.05) is 0 Å². The van der Waals surface area contributed by atoms with Gasteiger partial charge in [0.15, 0.2) is 0 Å². The smallest absolute Gasteiger partial charge is 0.311 e. The molecule has 0 amide bonds. The average molecular weight is 332 g/mol. The number of alkyl halides is 1. The molecule has 1 rings (SSSR count). The van der Waals surface area contributed by atoms with Gasteiger partial charge in [-0.15, -0.1) is 0 Å². The molecule has 19 heavy (non-hydrogen) atoms. The van der Waals surface area contributed by atoms with Crippen molar-refractivity contribution < 1.29 is 14.4 Å². The number of nitro groups is 1. The van der Waals surface area contributed by atoms with Crippen LogP contribution in [0.1, 0.15) is 19.8 Å². The third kappa shape index (κ3) is 5.06. The summed E-state index contributed by atoms with van der Waals surface area (Å²) in [5.74, 6) is 1.33. The summed E-state index contributed by atoms with van der Waals surface area (Å²) in [6.07, 6.45) is 1.92. The molecule has 0 aliphatic carbocycles. The fourth-order valence-electron chi connectivity index (χ4n) is 1.59. The van der Waals surface area contributed by atoms with Crippen LogP contribution in [0.2, 0.25) is 0 Å². The van der Waals surface area contributed by atoms with Gasteiger partial charge in [0.2, 0.25) is 5.75 Å². The number of nitro benzene ring substituents is 1. The summed E-state index contributed by atoms with van der Waals surface area (Å²) in [7, 11) is 1.52. The molecule has 1 unspecified atom stereocenters. The van der Waals surface area contributed by atoms with Gasteiger partial charge in [-0.3, -0.25) is 10.1 Å². The van der Waals surface area contributed by atoms with E-state index >= 15 is 0 Å². The van der Waals surface area contributed by atoms with Crippen LogP contribution < -0.4 is 9.47 Å². The summed E-state index contributed by atoms with van der Waals surface area (Å²) in [4.78, 5) is 10.5. The van der Waals surface area contributed by atoms with Crippen molar-refractivity contribution in [3.05, 3.63) is 28.3 Å². The zero-order valence-electron chi connectivity index (χ0n) is 11.1. The van der Waals surface area contributed by atoms with Gasteiger partial charge in [0.1, 0.15) is 5.75 Å². The lowest BCUT2D eigenvalue weighted by molar-refractivity contribution is -0.385. The lowest BCUT2D eigenvalue weighted by atomic mass is 10.1. The van der Waals surface area contributed by atoms with Crippen molar-refractivity contribution >= 4 is 21.6 Å². The predicted octanol–water partition coefficient (Wildman–Crippen LogP) is 3.79. The molecule has 0 aliphatic rings. The fraction of sp³-hybridized carbons (Fsp3) is 0.538. The topological polar surface area (TPSA) is 61.6 Å². The van der Waals surface area contributed by atoms with Crippen molar-refractivity contribution in [2.75, 3.05) is 19.0 Å². The molecular formula is C13H18BrNO4. The molecule has 106 valence electrons. The Morgan fingerprint density at radius 1 is 1.42 bits per heavy atom. The second kappa shape index (κ2) is 7.99. The number of benzene rings is 1. The molecule has 1 atom stereocenters. The van der Waals surface area contributed by atoms with Crippen molar-refractivity contribution in [3.63, 3.8) is 0 Å². The summed E-state index contributed by atoms with van der Waals surface area (Å²) in [5.41, 5.74) is -0.0334. The Labute approximate surface area is 121 Å². The number of nitrogens with zero attached hydrogens (tertiary/aromatic N) is 1. The van der Waals surface area contributed by atoms with E-state index in [1.165, 1.54) is 13.2 Å². The number of ether oxygens (including phenoxy) is 2. The van der Waals surface area contributed by atoms with Crippen LogP contribution in [-0.2, 0) is 0 Å². The highest BCUT2D eigenvalue weighted by atomic mass is 79.9. The Kier molecular flexibility index (Phi) is 6.62. The van der Waals surface area contributed by atoms with E-state index in [1.54, 1.807) is 12.1 Å². The molecule has 0 saturated heterocycles. The molecule has 0 aromatic heterocycles. The molecule has 0 heterocycles. The number of rotatable bonds is 8. The summed E-state index contributed by atoms with van der Waals surface area (Å²) in [6, 6.07) is 4.50. The van der Waals surface area contributed by atoms with Crippen molar-refractivity contribution in [1.82, 2.24) is 0 Å². The molecule has 0 saturated carbocycles. The van der Waals surface area contributed by atoms with Crippen LogP contribution in [0.15, 0.2) is 18.2 Å². The van der Waals surface area contributed by atoms with Crippen LogP contribution in [0.5, 0.6) is 11.5 Å². The van der Waals surface area contributed by atoms with Gasteiger partial charge in [0, 0.05) is 17.5 Å². The first-order valence-corrected chi connectivity index (χ1v) is 7.21. The molecule has 0 N–H and O–H groups in total. The minimum Gasteiger partial charge on any atom is -0.497 e. The molecule has 1 aromatic rings. The number of hydrogen-bond donors (Lipinski definition) is 0. The molecule has 0 fully saturated rings. The second-order valence-corrected chi connectivity index (χ2v) is 5.10. The van der Waals surface area contributed by atoms with Crippen LogP contribution >= 0.6 is 15.9 Å². The van der Waals surface area contributed by atoms with Gasteiger partial charge >= 0.3 is 5.69 Å². The molecule has 0 spiro atoms. The minimum absolute atomic E-state index is 0.0334. The highest BCUT2D eigenvalue weighted by molar-refractivity contribution is 9.09. The van der Waals surface area contributed by atoms with Gasteiger partial charge in [-0.1, -0.05) is 22.9 Å². The van der Waals surface area contributed by atoms with Crippen molar-refractivity contribution in [3.8, 4) is 11.5 Å². The minimum atomic E-state index is -0.448. The van der Waals surface area contributed by atoms with E-state index in [9.17, 15) is 10.1 Å². The maximum Gasteiger partial charge on any atom is 0.311 e. The Balaban J connectivity index is 2.67. The van der Waals surface area contributed by atoms with Crippen LogP contribution in [0.4, 0.5) is 5.69 Å². The van der Waals surface area contributed by atoms with E-state index < -0.39 is 4.92 Å². The molecule has 6 heteroatoms. The normalized spacial score (nSPS) is 11.9. The largest absolute Gasteiger partial charge is 0.497 e. The highest BCUT2D eigenvalue weighted by Crippen LogP contribution is 2.31. The Morgan fingerprint density at radius 2 is 2.16 bits per heavy atom. The monoisotopic (exact) mass is 331 g/mol.